The normalized spacial score (nSPS) is 20.9. The van der Waals surface area contributed by atoms with Crippen LogP contribution < -0.4 is 0 Å². The zero-order chi connectivity index (χ0) is 12.6. The van der Waals surface area contributed by atoms with Gasteiger partial charge in [-0.1, -0.05) is 6.92 Å². The average Bonchev–Trinajstić information content (AvgIpc) is 2.62. The van der Waals surface area contributed by atoms with E-state index in [1.807, 2.05) is 6.92 Å². The first kappa shape index (κ1) is 12.5. The topological polar surface area (TPSA) is 53.4 Å². The van der Waals surface area contributed by atoms with E-state index in [4.69, 9.17) is 5.11 Å². The van der Waals surface area contributed by atoms with Crippen LogP contribution >= 0.6 is 11.3 Å². The highest BCUT2D eigenvalue weighted by Crippen LogP contribution is 2.32. The highest BCUT2D eigenvalue weighted by atomic mass is 32.1. The molecule has 0 aromatic carbocycles. The number of rotatable bonds is 4. The smallest absolute Gasteiger partial charge is 0.306 e. The number of nitrogens with zero attached hydrogens (tertiary/aromatic N) is 2. The van der Waals surface area contributed by atoms with Crippen LogP contribution in [0.2, 0.25) is 0 Å². The molecule has 1 fully saturated rings. The maximum absolute atomic E-state index is 10.9. The first-order chi connectivity index (χ1) is 7.99. The summed E-state index contributed by atoms with van der Waals surface area (Å²) in [5.41, 5.74) is 1.11. The molecule has 5 heteroatoms. The number of hydrogen-bond acceptors (Lipinski definition) is 4. The summed E-state index contributed by atoms with van der Waals surface area (Å²) in [6.07, 6.45) is 0. The zero-order valence-corrected chi connectivity index (χ0v) is 11.2. The van der Waals surface area contributed by atoms with Crippen LogP contribution in [0.15, 0.2) is 5.38 Å². The van der Waals surface area contributed by atoms with Gasteiger partial charge in [0.2, 0.25) is 0 Å². The van der Waals surface area contributed by atoms with Gasteiger partial charge >= 0.3 is 5.97 Å². The number of carboxylic acid groups (broad SMARTS) is 1. The number of carboxylic acids is 1. The van der Waals surface area contributed by atoms with E-state index in [0.717, 1.165) is 23.8 Å². The molecule has 1 aromatic heterocycles. The van der Waals surface area contributed by atoms with Crippen molar-refractivity contribution in [2.45, 2.75) is 26.8 Å². The summed E-state index contributed by atoms with van der Waals surface area (Å²) in [5.74, 6) is -0.642. The van der Waals surface area contributed by atoms with Crippen LogP contribution in [0.5, 0.6) is 0 Å². The molecule has 2 unspecified atom stereocenters. The molecule has 0 amide bonds. The molecule has 2 heterocycles. The third-order valence-electron chi connectivity index (χ3n) is 3.65. The van der Waals surface area contributed by atoms with Gasteiger partial charge < -0.3 is 5.11 Å². The molecule has 2 rings (SSSR count). The summed E-state index contributed by atoms with van der Waals surface area (Å²) in [5, 5.41) is 12.1. The average molecular weight is 254 g/mol. The number of hydrogen-bond donors (Lipinski definition) is 1. The lowest BCUT2D eigenvalue weighted by Crippen LogP contribution is -2.51. The number of thiazole rings is 1. The van der Waals surface area contributed by atoms with Gasteiger partial charge in [-0.3, -0.25) is 9.69 Å². The number of aliphatic carboxylic acids is 1. The van der Waals surface area contributed by atoms with E-state index >= 15 is 0 Å². The maximum atomic E-state index is 10.9. The maximum Gasteiger partial charge on any atom is 0.306 e. The predicted octanol–water partition coefficient (Wildman–Crippen LogP) is 2.17. The molecule has 17 heavy (non-hydrogen) atoms. The molecular weight excluding hydrogens is 236 g/mol. The first-order valence-corrected chi connectivity index (χ1v) is 6.76. The lowest BCUT2D eigenvalue weighted by atomic mass is 9.86. The minimum atomic E-state index is -0.688. The van der Waals surface area contributed by atoms with Crippen molar-refractivity contribution >= 4 is 17.3 Å². The number of aromatic nitrogens is 1. The Morgan fingerprint density at radius 2 is 2.24 bits per heavy atom. The minimum Gasteiger partial charge on any atom is -0.481 e. The predicted molar refractivity (Wildman–Crippen MR) is 67.1 cm³/mol. The highest BCUT2D eigenvalue weighted by molar-refractivity contribution is 7.09. The van der Waals surface area contributed by atoms with Crippen LogP contribution in [0.1, 0.15) is 30.6 Å². The molecule has 0 radical (unpaired) electrons. The van der Waals surface area contributed by atoms with Crippen LogP contribution in [-0.4, -0.2) is 34.0 Å². The second-order valence-electron chi connectivity index (χ2n) is 4.81. The van der Waals surface area contributed by atoms with E-state index in [2.05, 4.69) is 22.2 Å². The lowest BCUT2D eigenvalue weighted by Gasteiger charge is -2.44. The van der Waals surface area contributed by atoms with Crippen LogP contribution in [0, 0.1) is 18.8 Å². The van der Waals surface area contributed by atoms with Gasteiger partial charge in [0.05, 0.1) is 22.7 Å². The Morgan fingerprint density at radius 3 is 2.71 bits per heavy atom. The third-order valence-corrected chi connectivity index (χ3v) is 4.44. The van der Waals surface area contributed by atoms with Crippen LogP contribution in [0.25, 0.3) is 0 Å². The summed E-state index contributed by atoms with van der Waals surface area (Å²) >= 11 is 1.66. The summed E-state index contributed by atoms with van der Waals surface area (Å²) in [4.78, 5) is 17.6. The van der Waals surface area contributed by atoms with Gasteiger partial charge in [0, 0.05) is 18.5 Å². The molecule has 1 saturated heterocycles. The Hall–Kier alpha value is -0.940. The Morgan fingerprint density at radius 1 is 1.59 bits per heavy atom. The molecule has 0 saturated carbocycles. The van der Waals surface area contributed by atoms with E-state index in [0.29, 0.717) is 6.04 Å². The SMILES string of the molecule is Cc1nc(C(C)N2CC(C(C)C(=O)O)C2)cs1. The second kappa shape index (κ2) is 4.74. The Bertz CT molecular complexity index is 412. The van der Waals surface area contributed by atoms with Crippen molar-refractivity contribution < 1.29 is 9.90 Å². The first-order valence-electron chi connectivity index (χ1n) is 5.88. The van der Waals surface area contributed by atoms with E-state index in [1.54, 1.807) is 18.3 Å². The summed E-state index contributed by atoms with van der Waals surface area (Å²) in [6, 6.07) is 0.303. The molecule has 0 spiro atoms. The molecule has 4 nitrogen and oxygen atoms in total. The van der Waals surface area contributed by atoms with Gasteiger partial charge in [-0.05, 0) is 19.8 Å². The van der Waals surface area contributed by atoms with E-state index in [1.165, 1.54) is 0 Å². The standard InChI is InChI=1S/C12H18N2O2S/c1-7(12(15)16)10-4-14(5-10)8(2)11-6-17-9(3)13-11/h6-8,10H,4-5H2,1-3H3,(H,15,16). The monoisotopic (exact) mass is 254 g/mol. The Labute approximate surface area is 105 Å². The Kier molecular flexibility index (Phi) is 3.49. The molecule has 1 aliphatic rings. The van der Waals surface area contributed by atoms with Gasteiger partial charge in [0.15, 0.2) is 0 Å². The van der Waals surface area contributed by atoms with Crippen molar-refractivity contribution in [3.05, 3.63) is 16.1 Å². The van der Waals surface area contributed by atoms with E-state index < -0.39 is 5.97 Å². The molecule has 0 bridgehead atoms. The van der Waals surface area contributed by atoms with Gasteiger partial charge in [0.25, 0.3) is 0 Å². The van der Waals surface area contributed by atoms with Crippen molar-refractivity contribution in [1.82, 2.24) is 9.88 Å². The van der Waals surface area contributed by atoms with Crippen molar-refractivity contribution in [2.24, 2.45) is 11.8 Å². The largest absolute Gasteiger partial charge is 0.481 e. The van der Waals surface area contributed by atoms with Crippen LogP contribution in [0.4, 0.5) is 0 Å². The fourth-order valence-electron chi connectivity index (χ4n) is 2.14. The summed E-state index contributed by atoms with van der Waals surface area (Å²) in [6.45, 7) is 7.67. The van der Waals surface area contributed by atoms with Gasteiger partial charge in [-0.15, -0.1) is 11.3 Å². The third kappa shape index (κ3) is 2.50. The Balaban J connectivity index is 1.89. The fraction of sp³-hybridized carbons (Fsp3) is 0.667. The highest BCUT2D eigenvalue weighted by Gasteiger charge is 2.37. The number of carbonyl (C=O) groups is 1. The summed E-state index contributed by atoms with van der Waals surface area (Å²) in [7, 11) is 0. The van der Waals surface area contributed by atoms with Crippen molar-refractivity contribution in [2.75, 3.05) is 13.1 Å². The van der Waals surface area contributed by atoms with E-state index in [9.17, 15) is 4.79 Å². The quantitative estimate of drug-likeness (QED) is 0.894. The number of aryl methyl sites for hydroxylation is 1. The molecule has 2 atom stereocenters. The fourth-order valence-corrected chi connectivity index (χ4v) is 2.84. The molecular formula is C12H18N2O2S. The molecule has 1 N–H and O–H groups in total. The minimum absolute atomic E-state index is 0.240. The van der Waals surface area contributed by atoms with Crippen molar-refractivity contribution in [3.63, 3.8) is 0 Å². The van der Waals surface area contributed by atoms with Crippen LogP contribution in [-0.2, 0) is 4.79 Å². The van der Waals surface area contributed by atoms with Crippen molar-refractivity contribution in [1.29, 1.82) is 0 Å². The molecule has 1 aliphatic heterocycles. The second-order valence-corrected chi connectivity index (χ2v) is 5.87. The molecule has 0 aliphatic carbocycles. The molecule has 1 aromatic rings. The number of likely N-dealkylation sites (tertiary alicyclic amines) is 1. The van der Waals surface area contributed by atoms with Gasteiger partial charge in [-0.2, -0.15) is 0 Å². The van der Waals surface area contributed by atoms with Crippen LogP contribution in [0.3, 0.4) is 0 Å². The van der Waals surface area contributed by atoms with Crippen molar-refractivity contribution in [3.8, 4) is 0 Å². The molecule has 94 valence electrons. The van der Waals surface area contributed by atoms with Gasteiger partial charge in [-0.25, -0.2) is 4.98 Å². The summed E-state index contributed by atoms with van der Waals surface area (Å²) < 4.78 is 0. The zero-order valence-electron chi connectivity index (χ0n) is 10.4. The van der Waals surface area contributed by atoms with E-state index in [-0.39, 0.29) is 11.8 Å². The lowest BCUT2D eigenvalue weighted by molar-refractivity contribution is -0.146. The van der Waals surface area contributed by atoms with Gasteiger partial charge in [0.1, 0.15) is 0 Å².